The first-order chi connectivity index (χ1) is 9.06. The SMILES string of the molecule is COC(C)(C)C(c1ccccc1)C(O)c1cccs1. The highest BCUT2D eigenvalue weighted by atomic mass is 32.1. The number of ether oxygens (including phenoxy) is 1. The Morgan fingerprint density at radius 1 is 1.11 bits per heavy atom. The van der Waals surface area contributed by atoms with Crippen LogP contribution >= 0.6 is 11.3 Å². The Bertz CT molecular complexity index is 491. The molecular formula is C16H20O2S. The van der Waals surface area contributed by atoms with E-state index in [1.165, 1.54) is 0 Å². The molecular weight excluding hydrogens is 256 g/mol. The average Bonchev–Trinajstić information content (AvgIpc) is 2.94. The van der Waals surface area contributed by atoms with Crippen molar-refractivity contribution in [2.24, 2.45) is 0 Å². The molecule has 2 unspecified atom stereocenters. The number of aliphatic hydroxyl groups is 1. The minimum absolute atomic E-state index is 0.0997. The van der Waals surface area contributed by atoms with E-state index in [0.29, 0.717) is 0 Å². The van der Waals surface area contributed by atoms with E-state index in [9.17, 15) is 5.11 Å². The summed E-state index contributed by atoms with van der Waals surface area (Å²) in [5, 5.41) is 12.7. The Labute approximate surface area is 118 Å². The summed E-state index contributed by atoms with van der Waals surface area (Å²) in [7, 11) is 1.69. The van der Waals surface area contributed by atoms with Crippen molar-refractivity contribution in [2.75, 3.05) is 7.11 Å². The van der Waals surface area contributed by atoms with Gasteiger partial charge in [-0.1, -0.05) is 36.4 Å². The van der Waals surface area contributed by atoms with E-state index in [2.05, 4.69) is 0 Å². The summed E-state index contributed by atoms with van der Waals surface area (Å²) in [4.78, 5) is 0.971. The van der Waals surface area contributed by atoms with Gasteiger partial charge in [0.05, 0.1) is 11.7 Å². The predicted octanol–water partition coefficient (Wildman–Crippen LogP) is 3.99. The molecule has 0 radical (unpaired) electrons. The molecule has 1 heterocycles. The van der Waals surface area contributed by atoms with Crippen LogP contribution in [0.1, 0.15) is 36.3 Å². The number of aliphatic hydroxyl groups excluding tert-OH is 1. The zero-order chi connectivity index (χ0) is 13.9. The molecule has 0 aliphatic heterocycles. The first kappa shape index (κ1) is 14.3. The number of hydrogen-bond donors (Lipinski definition) is 1. The van der Waals surface area contributed by atoms with E-state index in [1.54, 1.807) is 18.4 Å². The summed E-state index contributed by atoms with van der Waals surface area (Å²) in [6.45, 7) is 4.03. The molecule has 3 heteroatoms. The Kier molecular flexibility index (Phi) is 4.40. The van der Waals surface area contributed by atoms with Gasteiger partial charge in [0.2, 0.25) is 0 Å². The van der Waals surface area contributed by atoms with Gasteiger partial charge in [-0.15, -0.1) is 11.3 Å². The Hall–Kier alpha value is -1.16. The number of thiophene rings is 1. The summed E-state index contributed by atoms with van der Waals surface area (Å²) in [6, 6.07) is 14.0. The molecule has 0 amide bonds. The average molecular weight is 276 g/mol. The molecule has 1 aromatic heterocycles. The van der Waals surface area contributed by atoms with Crippen LogP contribution in [-0.2, 0) is 4.74 Å². The van der Waals surface area contributed by atoms with Crippen LogP contribution < -0.4 is 0 Å². The van der Waals surface area contributed by atoms with Gasteiger partial charge in [0.15, 0.2) is 0 Å². The van der Waals surface area contributed by atoms with Gasteiger partial charge >= 0.3 is 0 Å². The van der Waals surface area contributed by atoms with Crippen molar-refractivity contribution in [3.05, 3.63) is 58.3 Å². The molecule has 0 aliphatic carbocycles. The van der Waals surface area contributed by atoms with Crippen LogP contribution in [0.2, 0.25) is 0 Å². The Balaban J connectivity index is 2.41. The van der Waals surface area contributed by atoms with Crippen molar-refractivity contribution >= 4 is 11.3 Å². The van der Waals surface area contributed by atoms with Crippen molar-refractivity contribution in [3.63, 3.8) is 0 Å². The van der Waals surface area contributed by atoms with Crippen LogP contribution in [0.5, 0.6) is 0 Å². The lowest BCUT2D eigenvalue weighted by Crippen LogP contribution is -2.35. The van der Waals surface area contributed by atoms with Gasteiger partial charge in [-0.25, -0.2) is 0 Å². The molecule has 102 valence electrons. The molecule has 1 aromatic carbocycles. The van der Waals surface area contributed by atoms with Crippen LogP contribution in [0, 0.1) is 0 Å². The maximum absolute atomic E-state index is 10.7. The van der Waals surface area contributed by atoms with Gasteiger partial charge in [0.25, 0.3) is 0 Å². The highest BCUT2D eigenvalue weighted by Gasteiger charge is 2.37. The lowest BCUT2D eigenvalue weighted by Gasteiger charge is -2.36. The van der Waals surface area contributed by atoms with Crippen molar-refractivity contribution in [1.29, 1.82) is 0 Å². The van der Waals surface area contributed by atoms with Crippen LogP contribution in [0.3, 0.4) is 0 Å². The van der Waals surface area contributed by atoms with Gasteiger partial charge in [0, 0.05) is 17.9 Å². The molecule has 2 atom stereocenters. The lowest BCUT2D eigenvalue weighted by molar-refractivity contribution is -0.0419. The maximum Gasteiger partial charge on any atom is 0.0977 e. The van der Waals surface area contributed by atoms with Crippen LogP contribution in [0.4, 0.5) is 0 Å². The van der Waals surface area contributed by atoms with Crippen molar-refractivity contribution in [1.82, 2.24) is 0 Å². The fourth-order valence-electron chi connectivity index (χ4n) is 2.38. The molecule has 2 rings (SSSR count). The zero-order valence-electron chi connectivity index (χ0n) is 11.5. The second kappa shape index (κ2) is 5.87. The van der Waals surface area contributed by atoms with Gasteiger partial charge in [-0.3, -0.25) is 0 Å². The van der Waals surface area contributed by atoms with E-state index >= 15 is 0 Å². The van der Waals surface area contributed by atoms with Crippen molar-refractivity contribution in [2.45, 2.75) is 31.5 Å². The third kappa shape index (κ3) is 3.06. The molecule has 0 saturated heterocycles. The minimum atomic E-state index is -0.558. The van der Waals surface area contributed by atoms with E-state index in [4.69, 9.17) is 4.74 Å². The monoisotopic (exact) mass is 276 g/mol. The third-order valence-corrected chi connectivity index (χ3v) is 4.53. The normalized spacial score (nSPS) is 15.2. The first-order valence-electron chi connectivity index (χ1n) is 6.38. The lowest BCUT2D eigenvalue weighted by atomic mass is 9.80. The summed E-state index contributed by atoms with van der Waals surface area (Å²) in [5.41, 5.74) is 0.653. The van der Waals surface area contributed by atoms with Gasteiger partial charge in [0.1, 0.15) is 0 Å². The molecule has 0 aliphatic rings. The highest BCUT2D eigenvalue weighted by Crippen LogP contribution is 2.41. The van der Waals surface area contributed by atoms with Crippen LogP contribution in [-0.4, -0.2) is 17.8 Å². The second-order valence-electron chi connectivity index (χ2n) is 5.16. The smallest absolute Gasteiger partial charge is 0.0977 e. The molecule has 0 fully saturated rings. The quantitative estimate of drug-likeness (QED) is 0.894. The molecule has 0 bridgehead atoms. The zero-order valence-corrected chi connectivity index (χ0v) is 12.4. The summed E-state index contributed by atoms with van der Waals surface area (Å²) >= 11 is 1.58. The van der Waals surface area contributed by atoms with E-state index in [0.717, 1.165) is 10.4 Å². The Morgan fingerprint density at radius 2 is 1.79 bits per heavy atom. The molecule has 19 heavy (non-hydrogen) atoms. The van der Waals surface area contributed by atoms with Gasteiger partial charge in [-0.05, 0) is 30.9 Å². The van der Waals surface area contributed by atoms with Crippen molar-refractivity contribution < 1.29 is 9.84 Å². The summed E-state index contributed by atoms with van der Waals surface area (Å²) in [6.07, 6.45) is -0.558. The fraction of sp³-hybridized carbons (Fsp3) is 0.375. The number of hydrogen-bond acceptors (Lipinski definition) is 3. The summed E-state index contributed by atoms with van der Waals surface area (Å²) in [5.74, 6) is -0.0997. The van der Waals surface area contributed by atoms with Gasteiger partial charge < -0.3 is 9.84 Å². The first-order valence-corrected chi connectivity index (χ1v) is 7.26. The van der Waals surface area contributed by atoms with E-state index in [-0.39, 0.29) is 5.92 Å². The summed E-state index contributed by atoms with van der Waals surface area (Å²) < 4.78 is 5.62. The number of methoxy groups -OCH3 is 1. The molecule has 0 spiro atoms. The third-order valence-electron chi connectivity index (χ3n) is 3.58. The maximum atomic E-state index is 10.7. The minimum Gasteiger partial charge on any atom is -0.387 e. The van der Waals surface area contributed by atoms with E-state index in [1.807, 2.05) is 61.7 Å². The highest BCUT2D eigenvalue weighted by molar-refractivity contribution is 7.10. The van der Waals surface area contributed by atoms with Crippen LogP contribution in [0.25, 0.3) is 0 Å². The topological polar surface area (TPSA) is 29.5 Å². The second-order valence-corrected chi connectivity index (χ2v) is 6.14. The molecule has 0 saturated carbocycles. The van der Waals surface area contributed by atoms with E-state index < -0.39 is 11.7 Å². The number of rotatable bonds is 5. The largest absolute Gasteiger partial charge is 0.387 e. The molecule has 2 nitrogen and oxygen atoms in total. The van der Waals surface area contributed by atoms with Crippen molar-refractivity contribution in [3.8, 4) is 0 Å². The molecule has 1 N–H and O–H groups in total. The standard InChI is InChI=1S/C16H20O2S/c1-16(2,18-3)14(12-8-5-4-6-9-12)15(17)13-10-7-11-19-13/h4-11,14-15,17H,1-3H3. The van der Waals surface area contributed by atoms with Crippen LogP contribution in [0.15, 0.2) is 47.8 Å². The fourth-order valence-corrected chi connectivity index (χ4v) is 3.12. The predicted molar refractivity (Wildman–Crippen MR) is 79.5 cm³/mol. The van der Waals surface area contributed by atoms with Gasteiger partial charge in [-0.2, -0.15) is 0 Å². The molecule has 2 aromatic rings. The number of benzene rings is 1. The Morgan fingerprint density at radius 3 is 2.32 bits per heavy atom.